The molecule has 1 unspecified atom stereocenters. The van der Waals surface area contributed by atoms with E-state index < -0.39 is 12.1 Å². The molecule has 2 aromatic rings. The number of hydrogen-bond donors (Lipinski definition) is 2. The Morgan fingerprint density at radius 1 is 1.00 bits per heavy atom. The summed E-state index contributed by atoms with van der Waals surface area (Å²) < 4.78 is 0. The summed E-state index contributed by atoms with van der Waals surface area (Å²) in [5, 5.41) is 19.8. The molecule has 2 N–H and O–H groups in total. The molecule has 3 heteroatoms. The minimum atomic E-state index is -1.02. The summed E-state index contributed by atoms with van der Waals surface area (Å²) in [6, 6.07) is 12.7. The van der Waals surface area contributed by atoms with Gasteiger partial charge in [-0.1, -0.05) is 69.9 Å². The molecule has 0 amide bonds. The fourth-order valence-electron chi connectivity index (χ4n) is 3.78. The van der Waals surface area contributed by atoms with Crippen molar-refractivity contribution in [3.63, 3.8) is 0 Å². The van der Waals surface area contributed by atoms with Gasteiger partial charge in [0.2, 0.25) is 0 Å². The Balaban J connectivity index is 1.97. The van der Waals surface area contributed by atoms with Gasteiger partial charge in [0.15, 0.2) is 0 Å². The molecule has 0 saturated carbocycles. The molecule has 1 aliphatic rings. The van der Waals surface area contributed by atoms with Gasteiger partial charge in [-0.15, -0.1) is 0 Å². The molecule has 3 rings (SSSR count). The predicted molar refractivity (Wildman–Crippen MR) is 107 cm³/mol. The fraction of sp³-hybridized carbons (Fsp3) is 0.375. The highest BCUT2D eigenvalue weighted by molar-refractivity contribution is 5.90. The van der Waals surface area contributed by atoms with E-state index in [0.717, 1.165) is 18.4 Å². The third-order valence-corrected chi connectivity index (χ3v) is 5.69. The lowest BCUT2D eigenvalue weighted by molar-refractivity contribution is 0.0696. The van der Waals surface area contributed by atoms with E-state index in [1.54, 1.807) is 18.2 Å². The molecular formula is C24H26O3. The predicted octanol–water partition coefficient (Wildman–Crippen LogP) is 4.82. The minimum absolute atomic E-state index is 0.0594. The van der Waals surface area contributed by atoms with Gasteiger partial charge in [-0.25, -0.2) is 4.79 Å². The second-order valence-electron chi connectivity index (χ2n) is 8.60. The largest absolute Gasteiger partial charge is 0.478 e. The normalized spacial score (nSPS) is 18.0. The highest BCUT2D eigenvalue weighted by Gasteiger charge is 2.37. The Morgan fingerprint density at radius 3 is 2.30 bits per heavy atom. The molecule has 1 atom stereocenters. The number of aliphatic hydroxyl groups excluding tert-OH is 1. The molecule has 0 bridgehead atoms. The first kappa shape index (κ1) is 19.2. The van der Waals surface area contributed by atoms with Gasteiger partial charge >= 0.3 is 5.97 Å². The summed E-state index contributed by atoms with van der Waals surface area (Å²) in [5.74, 6) is 4.62. The maximum Gasteiger partial charge on any atom is 0.336 e. The zero-order chi connectivity index (χ0) is 19.8. The molecule has 0 aliphatic heterocycles. The van der Waals surface area contributed by atoms with Gasteiger partial charge in [0.25, 0.3) is 0 Å². The Labute approximate surface area is 161 Å². The first-order chi connectivity index (χ1) is 12.6. The molecule has 0 aromatic heterocycles. The third-order valence-electron chi connectivity index (χ3n) is 5.69. The van der Waals surface area contributed by atoms with Crippen LogP contribution in [0.5, 0.6) is 0 Å². The molecular weight excluding hydrogens is 336 g/mol. The monoisotopic (exact) mass is 362 g/mol. The smallest absolute Gasteiger partial charge is 0.336 e. The van der Waals surface area contributed by atoms with Crippen LogP contribution in [0.3, 0.4) is 0 Å². The highest BCUT2D eigenvalue weighted by atomic mass is 16.4. The van der Waals surface area contributed by atoms with E-state index in [4.69, 9.17) is 0 Å². The standard InChI is InChI=1S/C24H26O3/c1-23(2)13-14-24(3,4)20-15-17(9-11-19(20)23)21(25)12-10-16-7-5-6-8-18(16)22(26)27/h5-9,11,15,21,25H,13-14H2,1-4H3,(H,26,27). The number of fused-ring (bicyclic) bond motifs is 1. The number of rotatable bonds is 2. The number of carboxylic acids is 1. The summed E-state index contributed by atoms with van der Waals surface area (Å²) >= 11 is 0. The number of carbonyl (C=O) groups is 1. The van der Waals surface area contributed by atoms with E-state index in [-0.39, 0.29) is 16.4 Å². The van der Waals surface area contributed by atoms with Gasteiger partial charge in [0.1, 0.15) is 6.10 Å². The maximum absolute atomic E-state index is 11.3. The van der Waals surface area contributed by atoms with Crippen LogP contribution in [0.1, 0.15) is 79.3 Å². The van der Waals surface area contributed by atoms with Crippen molar-refractivity contribution in [3.05, 3.63) is 70.3 Å². The highest BCUT2D eigenvalue weighted by Crippen LogP contribution is 2.46. The summed E-state index contributed by atoms with van der Waals surface area (Å²) in [6.45, 7) is 9.01. The Morgan fingerprint density at radius 2 is 1.63 bits per heavy atom. The third kappa shape index (κ3) is 3.77. The van der Waals surface area contributed by atoms with Crippen molar-refractivity contribution in [1.82, 2.24) is 0 Å². The molecule has 2 aromatic carbocycles. The van der Waals surface area contributed by atoms with Gasteiger partial charge in [-0.3, -0.25) is 0 Å². The van der Waals surface area contributed by atoms with Crippen LogP contribution in [0.4, 0.5) is 0 Å². The summed E-state index contributed by atoms with van der Waals surface area (Å²) in [7, 11) is 0. The Bertz CT molecular complexity index is 942. The van der Waals surface area contributed by atoms with Gasteiger partial charge in [-0.05, 0) is 52.5 Å². The molecule has 0 radical (unpaired) electrons. The number of aromatic carboxylic acids is 1. The SMILES string of the molecule is CC1(C)CCC(C)(C)c2cc(C(O)C#Cc3ccccc3C(=O)O)ccc21. The molecule has 0 saturated heterocycles. The van der Waals surface area contributed by atoms with Crippen LogP contribution in [0, 0.1) is 11.8 Å². The zero-order valence-electron chi connectivity index (χ0n) is 16.3. The number of benzene rings is 2. The summed E-state index contributed by atoms with van der Waals surface area (Å²) in [5.41, 5.74) is 4.08. The average molecular weight is 362 g/mol. The van der Waals surface area contributed by atoms with Crippen LogP contribution in [-0.2, 0) is 10.8 Å². The first-order valence-electron chi connectivity index (χ1n) is 9.29. The molecule has 1 aliphatic carbocycles. The quantitative estimate of drug-likeness (QED) is 0.753. The second kappa shape index (κ2) is 6.87. The molecule has 0 spiro atoms. The van der Waals surface area contributed by atoms with Crippen molar-refractivity contribution in [2.45, 2.75) is 57.5 Å². The van der Waals surface area contributed by atoms with Crippen molar-refractivity contribution in [2.75, 3.05) is 0 Å². The molecule has 3 nitrogen and oxygen atoms in total. The van der Waals surface area contributed by atoms with Crippen molar-refractivity contribution in [2.24, 2.45) is 0 Å². The van der Waals surface area contributed by atoms with E-state index in [2.05, 4.69) is 51.7 Å². The minimum Gasteiger partial charge on any atom is -0.478 e. The van der Waals surface area contributed by atoms with Crippen LogP contribution in [-0.4, -0.2) is 16.2 Å². The van der Waals surface area contributed by atoms with E-state index in [1.807, 2.05) is 6.07 Å². The van der Waals surface area contributed by atoms with Crippen LogP contribution >= 0.6 is 0 Å². The molecule has 27 heavy (non-hydrogen) atoms. The van der Waals surface area contributed by atoms with Gasteiger partial charge in [0.05, 0.1) is 5.56 Å². The van der Waals surface area contributed by atoms with Crippen molar-refractivity contribution < 1.29 is 15.0 Å². The van der Waals surface area contributed by atoms with E-state index in [0.29, 0.717) is 5.56 Å². The first-order valence-corrected chi connectivity index (χ1v) is 9.29. The summed E-state index contributed by atoms with van der Waals surface area (Å²) in [6.07, 6.45) is 1.28. The molecule has 0 fully saturated rings. The zero-order valence-corrected chi connectivity index (χ0v) is 16.3. The van der Waals surface area contributed by atoms with Crippen LogP contribution in [0.2, 0.25) is 0 Å². The number of aliphatic hydroxyl groups is 1. The van der Waals surface area contributed by atoms with Crippen LogP contribution < -0.4 is 0 Å². The number of hydrogen-bond acceptors (Lipinski definition) is 2. The lowest BCUT2D eigenvalue weighted by atomic mass is 9.63. The Hall–Kier alpha value is -2.57. The topological polar surface area (TPSA) is 57.5 Å². The summed E-state index contributed by atoms with van der Waals surface area (Å²) in [4.78, 5) is 11.3. The number of carboxylic acid groups (broad SMARTS) is 1. The van der Waals surface area contributed by atoms with Gasteiger partial charge in [0, 0.05) is 5.56 Å². The fourth-order valence-corrected chi connectivity index (χ4v) is 3.78. The van der Waals surface area contributed by atoms with E-state index >= 15 is 0 Å². The average Bonchev–Trinajstić information content (AvgIpc) is 2.63. The van der Waals surface area contributed by atoms with Gasteiger partial charge in [-0.2, -0.15) is 0 Å². The second-order valence-corrected chi connectivity index (χ2v) is 8.60. The van der Waals surface area contributed by atoms with E-state index in [1.165, 1.54) is 17.2 Å². The molecule has 140 valence electrons. The van der Waals surface area contributed by atoms with Crippen molar-refractivity contribution >= 4 is 5.97 Å². The Kier molecular flexibility index (Phi) is 4.88. The van der Waals surface area contributed by atoms with Crippen molar-refractivity contribution in [1.29, 1.82) is 0 Å². The maximum atomic E-state index is 11.3. The van der Waals surface area contributed by atoms with Crippen LogP contribution in [0.25, 0.3) is 0 Å². The van der Waals surface area contributed by atoms with E-state index in [9.17, 15) is 15.0 Å². The van der Waals surface area contributed by atoms with Crippen molar-refractivity contribution in [3.8, 4) is 11.8 Å². The lowest BCUT2D eigenvalue weighted by Gasteiger charge is -2.42. The van der Waals surface area contributed by atoms with Crippen LogP contribution in [0.15, 0.2) is 42.5 Å². The lowest BCUT2D eigenvalue weighted by Crippen LogP contribution is -2.34. The van der Waals surface area contributed by atoms with Gasteiger partial charge < -0.3 is 10.2 Å². The molecule has 0 heterocycles.